The molecule has 106 valence electrons. The van der Waals surface area contributed by atoms with Crippen molar-refractivity contribution in [3.05, 3.63) is 54.6 Å². The first-order valence-electron chi connectivity index (χ1n) is 6.45. The van der Waals surface area contributed by atoms with Crippen LogP contribution in [0.25, 0.3) is 0 Å². The van der Waals surface area contributed by atoms with Gasteiger partial charge in [0.15, 0.2) is 0 Å². The molecule has 0 radical (unpaired) electrons. The fourth-order valence-corrected chi connectivity index (χ4v) is 5.62. The maximum absolute atomic E-state index is 12.3. The molecule has 2 aromatic rings. The maximum atomic E-state index is 12.3. The van der Waals surface area contributed by atoms with E-state index in [0.717, 1.165) is 15.3 Å². The first-order valence-corrected chi connectivity index (χ1v) is 9.64. The third-order valence-corrected chi connectivity index (χ3v) is 6.74. The van der Waals surface area contributed by atoms with Crippen molar-refractivity contribution in [2.24, 2.45) is 0 Å². The summed E-state index contributed by atoms with van der Waals surface area (Å²) in [6.07, 6.45) is 0.783. The molecular formula is C15H17NO2SSe. The third-order valence-electron chi connectivity index (χ3n) is 2.65. The molecule has 2 aromatic carbocycles. The summed E-state index contributed by atoms with van der Waals surface area (Å²) in [4.78, 5) is 0.400. The van der Waals surface area contributed by atoms with Gasteiger partial charge in [-0.3, -0.25) is 0 Å². The van der Waals surface area contributed by atoms with Gasteiger partial charge in [-0.2, -0.15) is 0 Å². The Labute approximate surface area is 126 Å². The molecule has 0 saturated heterocycles. The van der Waals surface area contributed by atoms with E-state index in [0.29, 0.717) is 11.4 Å². The van der Waals surface area contributed by atoms with Gasteiger partial charge in [-0.1, -0.05) is 0 Å². The molecule has 0 aliphatic heterocycles. The minimum absolute atomic E-state index is 0.0151. The van der Waals surface area contributed by atoms with Crippen LogP contribution in [0.3, 0.4) is 0 Å². The van der Waals surface area contributed by atoms with Crippen LogP contribution in [0.2, 0.25) is 0 Å². The Morgan fingerprint density at radius 1 is 1.00 bits per heavy atom. The van der Waals surface area contributed by atoms with Crippen molar-refractivity contribution in [3.63, 3.8) is 0 Å². The van der Waals surface area contributed by atoms with Crippen LogP contribution in [0.15, 0.2) is 59.5 Å². The van der Waals surface area contributed by atoms with E-state index >= 15 is 0 Å². The second-order valence-electron chi connectivity index (χ2n) is 4.26. The summed E-state index contributed by atoms with van der Waals surface area (Å²) in [7, 11) is -3.41. The van der Waals surface area contributed by atoms with Crippen LogP contribution in [0, 0.1) is 0 Å². The van der Waals surface area contributed by atoms with E-state index in [1.54, 1.807) is 12.1 Å². The molecule has 0 fully saturated rings. The summed E-state index contributed by atoms with van der Waals surface area (Å²) in [5.74, 6) is 0. The standard InChI is InChI=1S/C15H17NO2SSe/c1-2-12-16-19(17,18)14-10-6-7-11-15(14)20-13-8-4-3-5-9-13/h3-11,16H,2,12H2,1H3. The molecule has 0 saturated carbocycles. The zero-order valence-electron chi connectivity index (χ0n) is 11.2. The predicted molar refractivity (Wildman–Crippen MR) is 83.4 cm³/mol. The molecular weight excluding hydrogens is 337 g/mol. The SMILES string of the molecule is CCCNS(=O)(=O)c1ccccc1[Se]c1ccccc1. The van der Waals surface area contributed by atoms with E-state index in [2.05, 4.69) is 4.72 Å². The third kappa shape index (κ3) is 3.93. The zero-order valence-corrected chi connectivity index (χ0v) is 13.8. The number of rotatable bonds is 6. The Kier molecular flexibility index (Phi) is 5.37. The fraction of sp³-hybridized carbons (Fsp3) is 0.200. The molecule has 0 bridgehead atoms. The quantitative estimate of drug-likeness (QED) is 0.788. The molecule has 0 aliphatic rings. The van der Waals surface area contributed by atoms with Gasteiger partial charge < -0.3 is 0 Å². The number of nitrogens with one attached hydrogen (secondary N) is 1. The summed E-state index contributed by atoms with van der Waals surface area (Å²) in [6.45, 7) is 2.41. The number of hydrogen-bond acceptors (Lipinski definition) is 2. The molecule has 0 amide bonds. The van der Waals surface area contributed by atoms with Gasteiger partial charge in [-0.05, 0) is 0 Å². The van der Waals surface area contributed by atoms with Crippen molar-refractivity contribution in [3.8, 4) is 0 Å². The van der Waals surface area contributed by atoms with Gasteiger partial charge in [-0.25, -0.2) is 0 Å². The van der Waals surface area contributed by atoms with Crippen LogP contribution in [0.5, 0.6) is 0 Å². The van der Waals surface area contributed by atoms with Crippen molar-refractivity contribution in [1.82, 2.24) is 4.72 Å². The first kappa shape index (κ1) is 15.3. The molecule has 2 rings (SSSR count). The average molecular weight is 354 g/mol. The van der Waals surface area contributed by atoms with E-state index in [-0.39, 0.29) is 15.0 Å². The summed E-state index contributed by atoms with van der Waals surface area (Å²) in [5, 5.41) is 0. The van der Waals surface area contributed by atoms with Gasteiger partial charge in [0.05, 0.1) is 0 Å². The van der Waals surface area contributed by atoms with Crippen LogP contribution < -0.4 is 13.6 Å². The van der Waals surface area contributed by atoms with E-state index in [9.17, 15) is 8.42 Å². The second-order valence-corrected chi connectivity index (χ2v) is 8.34. The van der Waals surface area contributed by atoms with E-state index in [1.165, 1.54) is 0 Å². The molecule has 0 unspecified atom stereocenters. The summed E-state index contributed by atoms with van der Waals surface area (Å²) < 4.78 is 29.3. The molecule has 0 atom stereocenters. The van der Waals surface area contributed by atoms with Gasteiger partial charge in [0.2, 0.25) is 0 Å². The monoisotopic (exact) mass is 355 g/mol. The Morgan fingerprint density at radius 2 is 1.65 bits per heavy atom. The molecule has 3 nitrogen and oxygen atoms in total. The van der Waals surface area contributed by atoms with Crippen molar-refractivity contribution in [2.45, 2.75) is 18.2 Å². The predicted octanol–water partition coefficient (Wildman–Crippen LogP) is 1.03. The number of benzene rings is 2. The number of hydrogen-bond donors (Lipinski definition) is 1. The minimum atomic E-state index is -3.41. The van der Waals surface area contributed by atoms with Crippen LogP contribution >= 0.6 is 0 Å². The molecule has 0 aromatic heterocycles. The van der Waals surface area contributed by atoms with E-state index < -0.39 is 10.0 Å². The summed E-state index contributed by atoms with van der Waals surface area (Å²) >= 11 is -0.0151. The van der Waals surface area contributed by atoms with E-state index in [4.69, 9.17) is 0 Å². The zero-order chi connectivity index (χ0) is 14.4. The van der Waals surface area contributed by atoms with Gasteiger partial charge in [0, 0.05) is 0 Å². The van der Waals surface area contributed by atoms with Gasteiger partial charge in [0.1, 0.15) is 0 Å². The summed E-state index contributed by atoms with van der Waals surface area (Å²) in [6, 6.07) is 17.2. The Hall–Kier alpha value is -1.13. The fourth-order valence-electron chi connectivity index (χ4n) is 1.69. The van der Waals surface area contributed by atoms with Crippen molar-refractivity contribution >= 4 is 33.9 Å². The topological polar surface area (TPSA) is 46.2 Å². The van der Waals surface area contributed by atoms with E-state index in [1.807, 2.05) is 49.4 Å². The Balaban J connectivity index is 2.31. The first-order chi connectivity index (χ1) is 9.63. The molecule has 20 heavy (non-hydrogen) atoms. The van der Waals surface area contributed by atoms with Crippen molar-refractivity contribution < 1.29 is 8.42 Å². The van der Waals surface area contributed by atoms with Crippen LogP contribution in [0.1, 0.15) is 13.3 Å². The second kappa shape index (κ2) is 7.04. The van der Waals surface area contributed by atoms with Crippen LogP contribution in [-0.4, -0.2) is 29.9 Å². The van der Waals surface area contributed by atoms with Crippen molar-refractivity contribution in [1.29, 1.82) is 0 Å². The molecule has 5 heteroatoms. The summed E-state index contributed by atoms with van der Waals surface area (Å²) in [5.41, 5.74) is 0. The van der Waals surface area contributed by atoms with Gasteiger partial charge in [0.25, 0.3) is 0 Å². The van der Waals surface area contributed by atoms with Crippen LogP contribution in [0.4, 0.5) is 0 Å². The van der Waals surface area contributed by atoms with Gasteiger partial charge in [-0.15, -0.1) is 0 Å². The molecule has 0 heterocycles. The number of sulfonamides is 1. The molecule has 1 N–H and O–H groups in total. The Bertz CT molecular complexity index is 657. The van der Waals surface area contributed by atoms with Crippen molar-refractivity contribution in [2.75, 3.05) is 6.54 Å². The van der Waals surface area contributed by atoms with Gasteiger partial charge >= 0.3 is 126 Å². The molecule has 0 spiro atoms. The normalized spacial score (nSPS) is 11.4. The van der Waals surface area contributed by atoms with Crippen LogP contribution in [-0.2, 0) is 10.0 Å². The average Bonchev–Trinajstić information content (AvgIpc) is 2.47. The Morgan fingerprint density at radius 3 is 2.35 bits per heavy atom. The molecule has 0 aliphatic carbocycles.